The summed E-state index contributed by atoms with van der Waals surface area (Å²) < 4.78 is 29.4. The van der Waals surface area contributed by atoms with Crippen molar-refractivity contribution in [3.63, 3.8) is 0 Å². The first-order valence-corrected chi connectivity index (χ1v) is 8.34. The first-order chi connectivity index (χ1) is 8.96. The minimum Gasteiger partial charge on any atom is -0.340 e. The number of aryl methyl sites for hydroxylation is 1. The molecule has 108 valence electrons. The van der Waals surface area contributed by atoms with Crippen molar-refractivity contribution in [3.05, 3.63) is 11.7 Å². The summed E-state index contributed by atoms with van der Waals surface area (Å²) in [6.07, 6.45) is 4.09. The Bertz CT molecular complexity index is 514. The number of hydrogen-bond donors (Lipinski definition) is 1. The summed E-state index contributed by atoms with van der Waals surface area (Å²) in [5, 5.41) is 3.98. The van der Waals surface area contributed by atoms with E-state index in [0.29, 0.717) is 12.4 Å². The third-order valence-corrected chi connectivity index (χ3v) is 3.92. The lowest BCUT2D eigenvalue weighted by molar-refractivity contribution is 0.240. The number of nitrogens with zero attached hydrogens (tertiary/aromatic N) is 3. The number of sulfonamides is 1. The average molecular weight is 288 g/mol. The molecule has 0 radical (unpaired) electrons. The van der Waals surface area contributed by atoms with Gasteiger partial charge in [0.1, 0.15) is 0 Å². The fraction of sp³-hybridized carbons (Fsp3) is 0.818. The molecule has 1 aliphatic rings. The lowest BCUT2D eigenvalue weighted by Crippen LogP contribution is -2.29. The molecule has 0 unspecified atom stereocenters. The van der Waals surface area contributed by atoms with E-state index in [0.717, 1.165) is 38.2 Å². The molecular formula is C11H20N4O3S. The summed E-state index contributed by atoms with van der Waals surface area (Å²) in [5.41, 5.74) is 0. The Morgan fingerprint density at radius 1 is 1.53 bits per heavy atom. The van der Waals surface area contributed by atoms with Crippen molar-refractivity contribution in [2.45, 2.75) is 32.2 Å². The number of rotatable bonds is 6. The Morgan fingerprint density at radius 2 is 2.32 bits per heavy atom. The summed E-state index contributed by atoms with van der Waals surface area (Å²) in [4.78, 5) is 6.57. The number of nitrogens with one attached hydrogen (secondary N) is 1. The van der Waals surface area contributed by atoms with Gasteiger partial charge in [0.15, 0.2) is 5.82 Å². The van der Waals surface area contributed by atoms with E-state index in [-0.39, 0.29) is 6.04 Å². The molecule has 7 nitrogen and oxygen atoms in total. The van der Waals surface area contributed by atoms with Gasteiger partial charge in [0.25, 0.3) is 0 Å². The van der Waals surface area contributed by atoms with Gasteiger partial charge in [-0.2, -0.15) is 4.98 Å². The van der Waals surface area contributed by atoms with Crippen LogP contribution in [0.2, 0.25) is 0 Å². The predicted molar refractivity (Wildman–Crippen MR) is 70.0 cm³/mol. The smallest absolute Gasteiger partial charge is 0.223 e. The second kappa shape index (κ2) is 5.98. The summed E-state index contributed by atoms with van der Waals surface area (Å²) in [6, 6.07) is 0.204. The monoisotopic (exact) mass is 288 g/mol. The number of hydrogen-bond acceptors (Lipinski definition) is 6. The van der Waals surface area contributed by atoms with Gasteiger partial charge in [-0.1, -0.05) is 5.16 Å². The molecule has 8 heteroatoms. The molecule has 1 aromatic rings. The molecule has 1 aliphatic heterocycles. The van der Waals surface area contributed by atoms with Crippen LogP contribution >= 0.6 is 0 Å². The normalized spacial score (nSPS) is 21.1. The molecule has 2 rings (SSSR count). The molecule has 0 aliphatic carbocycles. The molecule has 2 heterocycles. The average Bonchev–Trinajstić information content (AvgIpc) is 2.91. The van der Waals surface area contributed by atoms with Gasteiger partial charge in [0.05, 0.1) is 12.3 Å². The van der Waals surface area contributed by atoms with Crippen molar-refractivity contribution >= 4 is 10.0 Å². The van der Waals surface area contributed by atoms with Crippen molar-refractivity contribution in [2.75, 3.05) is 25.9 Å². The van der Waals surface area contributed by atoms with Crippen LogP contribution in [-0.2, 0) is 10.0 Å². The van der Waals surface area contributed by atoms with Crippen LogP contribution in [0.15, 0.2) is 4.52 Å². The molecule has 0 bridgehead atoms. The van der Waals surface area contributed by atoms with Crippen LogP contribution in [0.1, 0.15) is 37.0 Å². The molecule has 0 aromatic carbocycles. The minimum absolute atomic E-state index is 0.204. The molecule has 0 amide bonds. The Labute approximate surface area is 113 Å². The van der Waals surface area contributed by atoms with Crippen LogP contribution in [0.3, 0.4) is 0 Å². The van der Waals surface area contributed by atoms with E-state index in [2.05, 4.69) is 19.8 Å². The van der Waals surface area contributed by atoms with Crippen LogP contribution in [0, 0.1) is 6.92 Å². The Balaban J connectivity index is 1.83. The maximum absolute atomic E-state index is 11.0. The topological polar surface area (TPSA) is 88.3 Å². The minimum atomic E-state index is -3.09. The molecule has 0 spiro atoms. The van der Waals surface area contributed by atoms with E-state index >= 15 is 0 Å². The summed E-state index contributed by atoms with van der Waals surface area (Å²) in [5.74, 6) is 1.33. The van der Waals surface area contributed by atoms with Crippen molar-refractivity contribution in [2.24, 2.45) is 0 Å². The third-order valence-electron chi connectivity index (χ3n) is 3.19. The van der Waals surface area contributed by atoms with Gasteiger partial charge in [-0.25, -0.2) is 13.1 Å². The van der Waals surface area contributed by atoms with E-state index in [1.165, 1.54) is 6.26 Å². The SMILES string of the molecule is Cc1nc([C@H]2CCCN2CCCNS(C)(=O)=O)no1. The quantitative estimate of drug-likeness (QED) is 0.765. The van der Waals surface area contributed by atoms with Gasteiger partial charge in [-0.3, -0.25) is 4.90 Å². The van der Waals surface area contributed by atoms with Crippen LogP contribution in [0.25, 0.3) is 0 Å². The molecule has 1 N–H and O–H groups in total. The van der Waals surface area contributed by atoms with E-state index < -0.39 is 10.0 Å². The van der Waals surface area contributed by atoms with Gasteiger partial charge in [-0.15, -0.1) is 0 Å². The van der Waals surface area contributed by atoms with E-state index in [4.69, 9.17) is 4.52 Å². The van der Waals surface area contributed by atoms with Gasteiger partial charge >= 0.3 is 0 Å². The van der Waals surface area contributed by atoms with Crippen LogP contribution in [0.4, 0.5) is 0 Å². The zero-order chi connectivity index (χ0) is 13.9. The second-order valence-corrected chi connectivity index (χ2v) is 6.72. The second-order valence-electron chi connectivity index (χ2n) is 4.89. The molecule has 1 aromatic heterocycles. The Hall–Kier alpha value is -0.990. The van der Waals surface area contributed by atoms with Crippen molar-refractivity contribution < 1.29 is 12.9 Å². The lowest BCUT2D eigenvalue weighted by atomic mass is 10.2. The molecule has 19 heavy (non-hydrogen) atoms. The predicted octanol–water partition coefficient (Wildman–Crippen LogP) is 0.454. The highest BCUT2D eigenvalue weighted by molar-refractivity contribution is 7.88. The largest absolute Gasteiger partial charge is 0.340 e. The van der Waals surface area contributed by atoms with E-state index in [1.54, 1.807) is 6.92 Å². The standard InChI is InChI=1S/C11H20N4O3S/c1-9-13-11(14-18-9)10-5-3-7-15(10)8-4-6-12-19(2,16)17/h10,12H,3-8H2,1-2H3/t10-/m1/s1. The summed E-state index contributed by atoms with van der Waals surface area (Å²) in [6.45, 7) is 4.08. The first-order valence-electron chi connectivity index (χ1n) is 6.44. The zero-order valence-corrected chi connectivity index (χ0v) is 12.1. The maximum Gasteiger partial charge on any atom is 0.223 e. The highest BCUT2D eigenvalue weighted by Gasteiger charge is 2.29. The number of aromatic nitrogens is 2. The first kappa shape index (κ1) is 14.4. The molecule has 1 atom stereocenters. The fourth-order valence-corrected chi connectivity index (χ4v) is 2.89. The zero-order valence-electron chi connectivity index (χ0n) is 11.3. The lowest BCUT2D eigenvalue weighted by Gasteiger charge is -2.21. The highest BCUT2D eigenvalue weighted by Crippen LogP contribution is 2.29. The Kier molecular flexibility index (Phi) is 4.54. The van der Waals surface area contributed by atoms with Gasteiger partial charge in [-0.05, 0) is 25.8 Å². The van der Waals surface area contributed by atoms with Gasteiger partial charge in [0.2, 0.25) is 15.9 Å². The van der Waals surface area contributed by atoms with Gasteiger partial charge in [0, 0.05) is 20.0 Å². The van der Waals surface area contributed by atoms with Crippen LogP contribution < -0.4 is 4.72 Å². The summed E-state index contributed by atoms with van der Waals surface area (Å²) >= 11 is 0. The van der Waals surface area contributed by atoms with Crippen molar-refractivity contribution in [1.29, 1.82) is 0 Å². The van der Waals surface area contributed by atoms with E-state index in [1.807, 2.05) is 0 Å². The van der Waals surface area contributed by atoms with E-state index in [9.17, 15) is 8.42 Å². The fourth-order valence-electron chi connectivity index (χ4n) is 2.38. The third kappa shape index (κ3) is 4.26. The van der Waals surface area contributed by atoms with Crippen LogP contribution in [0.5, 0.6) is 0 Å². The number of likely N-dealkylation sites (tertiary alicyclic amines) is 1. The molecule has 0 saturated carbocycles. The highest BCUT2D eigenvalue weighted by atomic mass is 32.2. The van der Waals surface area contributed by atoms with Crippen molar-refractivity contribution in [3.8, 4) is 0 Å². The molecular weight excluding hydrogens is 268 g/mol. The summed E-state index contributed by atoms with van der Waals surface area (Å²) in [7, 11) is -3.09. The van der Waals surface area contributed by atoms with Crippen molar-refractivity contribution in [1.82, 2.24) is 19.8 Å². The maximum atomic E-state index is 11.0. The van der Waals surface area contributed by atoms with Crippen LogP contribution in [-0.4, -0.2) is 49.3 Å². The molecule has 1 saturated heterocycles. The molecule has 1 fully saturated rings. The Morgan fingerprint density at radius 3 is 2.95 bits per heavy atom. The van der Waals surface area contributed by atoms with Gasteiger partial charge < -0.3 is 4.52 Å².